The third-order valence-electron chi connectivity index (χ3n) is 3.52. The van der Waals surface area contributed by atoms with Crippen LogP contribution in [0.15, 0.2) is 48.5 Å². The first kappa shape index (κ1) is 16.4. The highest BCUT2D eigenvalue weighted by molar-refractivity contribution is 5.64. The van der Waals surface area contributed by atoms with Crippen LogP contribution >= 0.6 is 0 Å². The van der Waals surface area contributed by atoms with Gasteiger partial charge in [0.15, 0.2) is 0 Å². The molecule has 0 spiro atoms. The predicted molar refractivity (Wildman–Crippen MR) is 94.3 cm³/mol. The van der Waals surface area contributed by atoms with Crippen molar-refractivity contribution >= 4 is 11.4 Å². The highest BCUT2D eigenvalue weighted by atomic mass is 16.5. The SMILES string of the molecule is CC(C)c1ccccc1Nc1ccc(OCCN(C)C)cc1. The zero-order valence-electron chi connectivity index (χ0n) is 14.0. The first-order chi connectivity index (χ1) is 10.6. The second-order valence-corrected chi connectivity index (χ2v) is 6.04. The first-order valence-electron chi connectivity index (χ1n) is 7.80. The molecule has 0 bridgehead atoms. The highest BCUT2D eigenvalue weighted by Gasteiger charge is 2.06. The maximum Gasteiger partial charge on any atom is 0.119 e. The van der Waals surface area contributed by atoms with E-state index in [1.807, 2.05) is 26.2 Å². The Morgan fingerprint density at radius 2 is 1.68 bits per heavy atom. The molecule has 2 rings (SSSR count). The van der Waals surface area contributed by atoms with E-state index in [2.05, 4.69) is 60.5 Å². The third-order valence-corrected chi connectivity index (χ3v) is 3.52. The van der Waals surface area contributed by atoms with E-state index in [-0.39, 0.29) is 0 Å². The molecule has 0 saturated carbocycles. The zero-order chi connectivity index (χ0) is 15.9. The molecule has 0 amide bonds. The summed E-state index contributed by atoms with van der Waals surface area (Å²) in [6, 6.07) is 16.6. The van der Waals surface area contributed by atoms with Crippen molar-refractivity contribution < 1.29 is 4.74 Å². The Morgan fingerprint density at radius 1 is 1.00 bits per heavy atom. The first-order valence-corrected chi connectivity index (χ1v) is 7.80. The van der Waals surface area contributed by atoms with Gasteiger partial charge in [0.1, 0.15) is 12.4 Å². The molecule has 0 saturated heterocycles. The fourth-order valence-electron chi connectivity index (χ4n) is 2.25. The number of rotatable bonds is 7. The summed E-state index contributed by atoms with van der Waals surface area (Å²) < 4.78 is 5.71. The number of anilines is 2. The van der Waals surface area contributed by atoms with E-state index in [1.54, 1.807) is 0 Å². The van der Waals surface area contributed by atoms with Crippen LogP contribution in [-0.2, 0) is 0 Å². The van der Waals surface area contributed by atoms with Crippen LogP contribution in [0.4, 0.5) is 11.4 Å². The van der Waals surface area contributed by atoms with Crippen molar-refractivity contribution in [3.05, 3.63) is 54.1 Å². The van der Waals surface area contributed by atoms with Crippen LogP contribution in [0.25, 0.3) is 0 Å². The minimum atomic E-state index is 0.498. The zero-order valence-corrected chi connectivity index (χ0v) is 14.0. The van der Waals surface area contributed by atoms with Gasteiger partial charge in [-0.15, -0.1) is 0 Å². The molecule has 118 valence electrons. The van der Waals surface area contributed by atoms with E-state index >= 15 is 0 Å². The van der Waals surface area contributed by atoms with Crippen molar-refractivity contribution in [1.82, 2.24) is 4.90 Å². The summed E-state index contributed by atoms with van der Waals surface area (Å²) in [5.74, 6) is 1.40. The number of likely N-dealkylation sites (N-methyl/N-ethyl adjacent to an activating group) is 1. The number of hydrogen-bond donors (Lipinski definition) is 1. The summed E-state index contributed by atoms with van der Waals surface area (Å²) >= 11 is 0. The summed E-state index contributed by atoms with van der Waals surface area (Å²) in [6.07, 6.45) is 0. The molecule has 2 aromatic carbocycles. The smallest absolute Gasteiger partial charge is 0.119 e. The Bertz CT molecular complexity index is 576. The van der Waals surface area contributed by atoms with Crippen LogP contribution in [-0.4, -0.2) is 32.1 Å². The highest BCUT2D eigenvalue weighted by Crippen LogP contribution is 2.27. The molecule has 2 aromatic rings. The quantitative estimate of drug-likeness (QED) is 0.815. The average molecular weight is 298 g/mol. The van der Waals surface area contributed by atoms with Crippen LogP contribution in [0.1, 0.15) is 25.3 Å². The topological polar surface area (TPSA) is 24.5 Å². The van der Waals surface area contributed by atoms with Gasteiger partial charge in [-0.25, -0.2) is 0 Å². The summed E-state index contributed by atoms with van der Waals surface area (Å²) in [5, 5.41) is 3.49. The maximum absolute atomic E-state index is 5.71. The molecule has 1 N–H and O–H groups in total. The van der Waals surface area contributed by atoms with Gasteiger partial charge >= 0.3 is 0 Å². The summed E-state index contributed by atoms with van der Waals surface area (Å²) in [4.78, 5) is 2.11. The fraction of sp³-hybridized carbons (Fsp3) is 0.368. The van der Waals surface area contributed by atoms with Gasteiger partial charge in [0, 0.05) is 17.9 Å². The number of para-hydroxylation sites is 1. The van der Waals surface area contributed by atoms with Crippen LogP contribution in [0.3, 0.4) is 0 Å². The lowest BCUT2D eigenvalue weighted by atomic mass is 10.0. The van der Waals surface area contributed by atoms with E-state index in [1.165, 1.54) is 11.3 Å². The molecule has 0 fully saturated rings. The van der Waals surface area contributed by atoms with Crippen molar-refractivity contribution in [2.24, 2.45) is 0 Å². The van der Waals surface area contributed by atoms with Gasteiger partial charge in [0.2, 0.25) is 0 Å². The standard InChI is InChI=1S/C19H26N2O/c1-15(2)18-7-5-6-8-19(18)20-16-9-11-17(12-10-16)22-14-13-21(3)4/h5-12,15,20H,13-14H2,1-4H3. The maximum atomic E-state index is 5.71. The molecular weight excluding hydrogens is 272 g/mol. The van der Waals surface area contributed by atoms with Gasteiger partial charge in [-0.05, 0) is 55.9 Å². The number of nitrogens with one attached hydrogen (secondary N) is 1. The monoisotopic (exact) mass is 298 g/mol. The summed E-state index contributed by atoms with van der Waals surface area (Å²) in [7, 11) is 4.09. The van der Waals surface area contributed by atoms with Gasteiger partial charge in [0.05, 0.1) is 0 Å². The lowest BCUT2D eigenvalue weighted by Crippen LogP contribution is -2.19. The lowest BCUT2D eigenvalue weighted by Gasteiger charge is -2.15. The molecular formula is C19H26N2O. The van der Waals surface area contributed by atoms with Crippen LogP contribution in [0.2, 0.25) is 0 Å². The predicted octanol–water partition coefficient (Wildman–Crippen LogP) is 4.49. The van der Waals surface area contributed by atoms with Crippen molar-refractivity contribution in [3.8, 4) is 5.75 Å². The van der Waals surface area contributed by atoms with E-state index in [9.17, 15) is 0 Å². The molecule has 3 nitrogen and oxygen atoms in total. The molecule has 0 atom stereocenters. The average Bonchev–Trinajstić information content (AvgIpc) is 2.49. The molecule has 0 heterocycles. The summed E-state index contributed by atoms with van der Waals surface area (Å²) in [5.41, 5.74) is 3.57. The molecule has 22 heavy (non-hydrogen) atoms. The van der Waals surface area contributed by atoms with Crippen LogP contribution in [0, 0.1) is 0 Å². The minimum absolute atomic E-state index is 0.498. The minimum Gasteiger partial charge on any atom is -0.492 e. The van der Waals surface area contributed by atoms with Crippen LogP contribution < -0.4 is 10.1 Å². The second kappa shape index (κ2) is 7.85. The number of benzene rings is 2. The van der Waals surface area contributed by atoms with E-state index in [0.717, 1.165) is 18.0 Å². The molecule has 3 heteroatoms. The molecule has 0 radical (unpaired) electrons. The Labute approximate surface area is 133 Å². The fourth-order valence-corrected chi connectivity index (χ4v) is 2.25. The van der Waals surface area contributed by atoms with E-state index in [0.29, 0.717) is 12.5 Å². The van der Waals surface area contributed by atoms with E-state index in [4.69, 9.17) is 4.74 Å². The van der Waals surface area contributed by atoms with E-state index < -0.39 is 0 Å². The molecule has 0 aromatic heterocycles. The Balaban J connectivity index is 2.00. The van der Waals surface area contributed by atoms with Gasteiger partial charge in [-0.2, -0.15) is 0 Å². The van der Waals surface area contributed by atoms with Gasteiger partial charge in [-0.3, -0.25) is 0 Å². The van der Waals surface area contributed by atoms with Crippen molar-refractivity contribution in [2.45, 2.75) is 19.8 Å². The van der Waals surface area contributed by atoms with Crippen molar-refractivity contribution in [1.29, 1.82) is 0 Å². The van der Waals surface area contributed by atoms with Crippen molar-refractivity contribution in [2.75, 3.05) is 32.6 Å². The van der Waals surface area contributed by atoms with Gasteiger partial charge in [-0.1, -0.05) is 32.0 Å². The second-order valence-electron chi connectivity index (χ2n) is 6.04. The van der Waals surface area contributed by atoms with Gasteiger partial charge in [0.25, 0.3) is 0 Å². The largest absolute Gasteiger partial charge is 0.492 e. The molecule has 0 aliphatic rings. The van der Waals surface area contributed by atoms with Crippen molar-refractivity contribution in [3.63, 3.8) is 0 Å². The number of ether oxygens (including phenoxy) is 1. The summed E-state index contributed by atoms with van der Waals surface area (Å²) in [6.45, 7) is 6.04. The normalized spacial score (nSPS) is 11.0. The number of hydrogen-bond acceptors (Lipinski definition) is 3. The molecule has 0 aliphatic carbocycles. The van der Waals surface area contributed by atoms with Crippen LogP contribution in [0.5, 0.6) is 5.75 Å². The Hall–Kier alpha value is -2.00. The van der Waals surface area contributed by atoms with Gasteiger partial charge < -0.3 is 15.0 Å². The lowest BCUT2D eigenvalue weighted by molar-refractivity contribution is 0.261. The Morgan fingerprint density at radius 3 is 2.32 bits per heavy atom. The Kier molecular flexibility index (Phi) is 5.84. The number of nitrogens with zero attached hydrogens (tertiary/aromatic N) is 1. The molecule has 0 unspecified atom stereocenters. The third kappa shape index (κ3) is 4.78. The molecule has 0 aliphatic heterocycles.